The maximum absolute atomic E-state index is 10.7. The third-order valence-electron chi connectivity index (χ3n) is 1.77. The van der Waals surface area contributed by atoms with Crippen molar-refractivity contribution in [2.75, 3.05) is 0 Å². The molecule has 0 fully saturated rings. The van der Waals surface area contributed by atoms with E-state index in [9.17, 15) is 9.59 Å². The number of nitrogens with one attached hydrogen (secondary N) is 1. The third kappa shape index (κ3) is 3.02. The van der Waals surface area contributed by atoms with E-state index in [1.807, 2.05) is 13.8 Å². The van der Waals surface area contributed by atoms with Crippen LogP contribution in [0, 0.1) is 5.92 Å². The Balaban J connectivity index is 4.08. The van der Waals surface area contributed by atoms with Gasteiger partial charge in [-0.05, 0) is 5.92 Å². The molecule has 2 amide bonds. The highest BCUT2D eigenvalue weighted by atomic mass is 16.2. The van der Waals surface area contributed by atoms with Crippen molar-refractivity contribution in [3.8, 4) is 0 Å². The van der Waals surface area contributed by atoms with E-state index in [1.54, 1.807) is 0 Å². The van der Waals surface area contributed by atoms with E-state index in [0.29, 0.717) is 6.41 Å². The molecule has 4 nitrogen and oxygen atoms in total. The number of amides is 2. The van der Waals surface area contributed by atoms with Gasteiger partial charge < -0.3 is 11.1 Å². The van der Waals surface area contributed by atoms with Gasteiger partial charge in [0.1, 0.15) is 6.04 Å². The molecule has 0 aromatic rings. The summed E-state index contributed by atoms with van der Waals surface area (Å²) < 4.78 is 0. The van der Waals surface area contributed by atoms with Crippen molar-refractivity contribution >= 4 is 12.3 Å². The van der Waals surface area contributed by atoms with Crippen LogP contribution in [0.3, 0.4) is 0 Å². The summed E-state index contributed by atoms with van der Waals surface area (Å²) in [6.07, 6.45) is 1.32. The maximum Gasteiger partial charge on any atom is 0.240 e. The van der Waals surface area contributed by atoms with Crippen LogP contribution in [0.1, 0.15) is 20.3 Å². The largest absolute Gasteiger partial charge is 0.368 e. The van der Waals surface area contributed by atoms with Gasteiger partial charge >= 0.3 is 0 Å². The summed E-state index contributed by atoms with van der Waals surface area (Å²) in [5.41, 5.74) is 5.04. The van der Waals surface area contributed by atoms with Crippen molar-refractivity contribution in [2.24, 2.45) is 11.7 Å². The molecule has 2 atom stereocenters. The van der Waals surface area contributed by atoms with Crippen molar-refractivity contribution in [3.63, 3.8) is 0 Å². The quantitative estimate of drug-likeness (QED) is 0.536. The van der Waals surface area contributed by atoms with Gasteiger partial charge in [-0.3, -0.25) is 9.59 Å². The minimum absolute atomic E-state index is 0.0951. The Morgan fingerprint density at radius 1 is 1.73 bits per heavy atom. The summed E-state index contributed by atoms with van der Waals surface area (Å²) in [5.74, 6) is -0.385. The zero-order chi connectivity index (χ0) is 8.85. The van der Waals surface area contributed by atoms with Crippen LogP contribution >= 0.6 is 0 Å². The number of nitrogens with two attached hydrogens (primary N) is 1. The Morgan fingerprint density at radius 2 is 2.27 bits per heavy atom. The molecule has 0 aliphatic rings. The molecule has 1 unspecified atom stereocenters. The Labute approximate surface area is 66.1 Å². The molecule has 64 valence electrons. The fraction of sp³-hybridized carbons (Fsp3) is 0.714. The lowest BCUT2D eigenvalue weighted by molar-refractivity contribution is -0.123. The molecule has 0 saturated carbocycles. The van der Waals surface area contributed by atoms with Gasteiger partial charge in [0.25, 0.3) is 0 Å². The first-order valence-corrected chi connectivity index (χ1v) is 3.62. The van der Waals surface area contributed by atoms with Crippen LogP contribution in [0.2, 0.25) is 0 Å². The van der Waals surface area contributed by atoms with E-state index in [1.165, 1.54) is 0 Å². The topological polar surface area (TPSA) is 72.2 Å². The number of carbonyl (C=O) groups excluding carboxylic acids is 2. The second kappa shape index (κ2) is 4.71. The average molecular weight is 158 g/mol. The van der Waals surface area contributed by atoms with Crippen LogP contribution in [0.15, 0.2) is 0 Å². The minimum atomic E-state index is -0.530. The van der Waals surface area contributed by atoms with Gasteiger partial charge in [0.05, 0.1) is 0 Å². The summed E-state index contributed by atoms with van der Waals surface area (Å²) in [6.45, 7) is 3.80. The lowest BCUT2D eigenvalue weighted by Crippen LogP contribution is -2.44. The van der Waals surface area contributed by atoms with Gasteiger partial charge in [-0.15, -0.1) is 0 Å². The molecule has 0 aliphatic heterocycles. The van der Waals surface area contributed by atoms with Crippen LogP contribution in [0.4, 0.5) is 0 Å². The molecule has 0 rings (SSSR count). The van der Waals surface area contributed by atoms with E-state index in [2.05, 4.69) is 5.32 Å². The molecule has 11 heavy (non-hydrogen) atoms. The van der Waals surface area contributed by atoms with Crippen LogP contribution in [0.5, 0.6) is 0 Å². The van der Waals surface area contributed by atoms with Gasteiger partial charge in [-0.1, -0.05) is 20.3 Å². The summed E-state index contributed by atoms with van der Waals surface area (Å²) in [6, 6.07) is -0.530. The molecule has 0 aromatic heterocycles. The van der Waals surface area contributed by atoms with Gasteiger partial charge in [-0.25, -0.2) is 0 Å². The highest BCUT2D eigenvalue weighted by Gasteiger charge is 2.19. The first kappa shape index (κ1) is 9.94. The van der Waals surface area contributed by atoms with Gasteiger partial charge in [-0.2, -0.15) is 0 Å². The second-order valence-electron chi connectivity index (χ2n) is 2.55. The Morgan fingerprint density at radius 3 is 2.55 bits per heavy atom. The molecule has 0 spiro atoms. The molecule has 0 aromatic carbocycles. The Kier molecular flexibility index (Phi) is 4.26. The van der Waals surface area contributed by atoms with Gasteiger partial charge in [0.2, 0.25) is 12.3 Å². The van der Waals surface area contributed by atoms with Gasteiger partial charge in [0.15, 0.2) is 0 Å². The lowest BCUT2D eigenvalue weighted by Gasteiger charge is -2.17. The highest BCUT2D eigenvalue weighted by Crippen LogP contribution is 2.05. The molecule has 0 radical (unpaired) electrons. The number of primary amides is 1. The Hall–Kier alpha value is -1.06. The molecule has 0 heterocycles. The summed E-state index contributed by atoms with van der Waals surface area (Å²) in [7, 11) is 0. The molecule has 0 bridgehead atoms. The van der Waals surface area contributed by atoms with Crippen molar-refractivity contribution in [3.05, 3.63) is 0 Å². The summed E-state index contributed by atoms with van der Waals surface area (Å²) in [4.78, 5) is 20.7. The van der Waals surface area contributed by atoms with Crippen molar-refractivity contribution in [2.45, 2.75) is 26.3 Å². The minimum Gasteiger partial charge on any atom is -0.368 e. The predicted molar refractivity (Wildman–Crippen MR) is 41.6 cm³/mol. The monoisotopic (exact) mass is 158 g/mol. The van der Waals surface area contributed by atoms with Crippen LogP contribution < -0.4 is 11.1 Å². The SMILES string of the molecule is CCC(C)[C@H](NC=O)C(N)=O. The molecular formula is C7H14N2O2. The fourth-order valence-electron chi connectivity index (χ4n) is 0.836. The zero-order valence-corrected chi connectivity index (χ0v) is 6.83. The van der Waals surface area contributed by atoms with E-state index in [-0.39, 0.29) is 5.92 Å². The molecule has 0 saturated heterocycles. The highest BCUT2D eigenvalue weighted by molar-refractivity contribution is 5.82. The maximum atomic E-state index is 10.7. The summed E-state index contributed by atoms with van der Waals surface area (Å²) >= 11 is 0. The van der Waals surface area contributed by atoms with Crippen molar-refractivity contribution in [1.82, 2.24) is 5.32 Å². The van der Waals surface area contributed by atoms with E-state index < -0.39 is 11.9 Å². The lowest BCUT2D eigenvalue weighted by atomic mass is 9.99. The first-order valence-electron chi connectivity index (χ1n) is 3.62. The smallest absolute Gasteiger partial charge is 0.240 e. The molecule has 4 heteroatoms. The van der Waals surface area contributed by atoms with Crippen molar-refractivity contribution < 1.29 is 9.59 Å². The molecule has 3 N–H and O–H groups in total. The normalized spacial score (nSPS) is 15.1. The number of hydrogen-bond acceptors (Lipinski definition) is 2. The van der Waals surface area contributed by atoms with E-state index in [0.717, 1.165) is 6.42 Å². The first-order chi connectivity index (χ1) is 5.13. The number of carbonyl (C=O) groups is 2. The number of hydrogen-bond donors (Lipinski definition) is 2. The van der Waals surface area contributed by atoms with Crippen LogP contribution in [-0.2, 0) is 9.59 Å². The fourth-order valence-corrected chi connectivity index (χ4v) is 0.836. The second-order valence-corrected chi connectivity index (χ2v) is 2.55. The van der Waals surface area contributed by atoms with E-state index >= 15 is 0 Å². The molecule has 0 aliphatic carbocycles. The zero-order valence-electron chi connectivity index (χ0n) is 6.83. The Bertz CT molecular complexity index is 147. The third-order valence-corrected chi connectivity index (χ3v) is 1.77. The average Bonchev–Trinajstić information content (AvgIpc) is 1.98. The van der Waals surface area contributed by atoms with Crippen molar-refractivity contribution in [1.29, 1.82) is 0 Å². The standard InChI is InChI=1S/C7H14N2O2/c1-3-5(2)6(7(8)11)9-4-10/h4-6H,3H2,1-2H3,(H2,8,11)(H,9,10)/t5?,6-/m0/s1. The number of rotatable bonds is 5. The summed E-state index contributed by atoms with van der Waals surface area (Å²) in [5, 5.41) is 2.38. The van der Waals surface area contributed by atoms with E-state index in [4.69, 9.17) is 5.73 Å². The predicted octanol–water partition coefficient (Wildman–Crippen LogP) is -0.368. The van der Waals surface area contributed by atoms with Gasteiger partial charge in [0, 0.05) is 0 Å². The molecular weight excluding hydrogens is 144 g/mol. The van der Waals surface area contributed by atoms with Crippen LogP contribution in [0.25, 0.3) is 0 Å². The van der Waals surface area contributed by atoms with Crippen LogP contribution in [-0.4, -0.2) is 18.4 Å².